The molecule has 0 aromatic heterocycles. The molecular weight excluding hydrogens is 253 g/mol. The second-order valence-electron chi connectivity index (χ2n) is 2.55. The highest BCUT2D eigenvalue weighted by Gasteiger charge is 2.14. The number of amides is 1. The third-order valence-electron chi connectivity index (χ3n) is 1.71. The first-order valence-corrected chi connectivity index (χ1v) is 4.64. The van der Waals surface area contributed by atoms with Crippen LogP contribution in [0.25, 0.3) is 0 Å². The molecule has 1 rings (SSSR count). The number of rotatable bonds is 2. The number of nitrogens with one attached hydrogen (secondary N) is 1. The van der Waals surface area contributed by atoms with Crippen molar-refractivity contribution in [3.8, 4) is 5.75 Å². The van der Waals surface area contributed by atoms with Gasteiger partial charge in [-0.05, 0) is 28.1 Å². The van der Waals surface area contributed by atoms with Crippen LogP contribution in [0.4, 0.5) is 4.39 Å². The van der Waals surface area contributed by atoms with Crippen LogP contribution in [0, 0.1) is 5.82 Å². The average molecular weight is 262 g/mol. The number of carbonyl (C=O) groups excluding carboxylic acids is 1. The van der Waals surface area contributed by atoms with Gasteiger partial charge in [-0.1, -0.05) is 0 Å². The fraction of sp³-hybridized carbons (Fsp3) is 0.222. The zero-order valence-corrected chi connectivity index (χ0v) is 9.31. The summed E-state index contributed by atoms with van der Waals surface area (Å²) in [6, 6.07) is 2.81. The number of hydrogen-bond donors (Lipinski definition) is 1. The summed E-state index contributed by atoms with van der Waals surface area (Å²) in [6.07, 6.45) is 0. The number of benzene rings is 1. The van der Waals surface area contributed by atoms with Gasteiger partial charge in [-0.25, -0.2) is 4.39 Å². The molecule has 76 valence electrons. The molecule has 5 heteroatoms. The van der Waals surface area contributed by atoms with Gasteiger partial charge in [0.05, 0.1) is 17.1 Å². The lowest BCUT2D eigenvalue weighted by Crippen LogP contribution is -2.19. The van der Waals surface area contributed by atoms with Crippen molar-refractivity contribution in [2.75, 3.05) is 14.2 Å². The first-order chi connectivity index (χ1) is 6.60. The van der Waals surface area contributed by atoms with Gasteiger partial charge in [0.15, 0.2) is 0 Å². The third kappa shape index (κ3) is 2.04. The van der Waals surface area contributed by atoms with Gasteiger partial charge in [0, 0.05) is 7.05 Å². The van der Waals surface area contributed by atoms with E-state index in [1.165, 1.54) is 26.3 Å². The second kappa shape index (κ2) is 4.41. The van der Waals surface area contributed by atoms with E-state index < -0.39 is 11.7 Å². The molecule has 1 aromatic rings. The summed E-state index contributed by atoms with van der Waals surface area (Å²) < 4.78 is 18.5. The lowest BCUT2D eigenvalue weighted by atomic mass is 10.2. The van der Waals surface area contributed by atoms with Crippen molar-refractivity contribution in [2.24, 2.45) is 0 Å². The van der Waals surface area contributed by atoms with Crippen molar-refractivity contribution in [2.45, 2.75) is 0 Å². The molecule has 3 nitrogen and oxygen atoms in total. The summed E-state index contributed by atoms with van der Waals surface area (Å²) in [5.74, 6) is -0.649. The maximum Gasteiger partial charge on any atom is 0.254 e. The van der Waals surface area contributed by atoms with Crippen LogP contribution < -0.4 is 10.1 Å². The Morgan fingerprint density at radius 3 is 2.71 bits per heavy atom. The van der Waals surface area contributed by atoms with Gasteiger partial charge in [-0.3, -0.25) is 4.79 Å². The first-order valence-electron chi connectivity index (χ1n) is 3.85. The monoisotopic (exact) mass is 261 g/mol. The summed E-state index contributed by atoms with van der Waals surface area (Å²) in [5.41, 5.74) is -0.0428. The number of halogens is 2. The van der Waals surface area contributed by atoms with Gasteiger partial charge in [0.2, 0.25) is 0 Å². The zero-order valence-electron chi connectivity index (χ0n) is 7.73. The maximum atomic E-state index is 13.4. The molecule has 1 amide bonds. The highest BCUT2D eigenvalue weighted by atomic mass is 79.9. The number of methoxy groups -OCH3 is 1. The predicted molar refractivity (Wildman–Crippen MR) is 54.0 cm³/mol. The molecule has 0 aliphatic rings. The highest BCUT2D eigenvalue weighted by Crippen LogP contribution is 2.25. The van der Waals surface area contributed by atoms with Crippen molar-refractivity contribution in [1.82, 2.24) is 5.32 Å². The van der Waals surface area contributed by atoms with Gasteiger partial charge in [-0.2, -0.15) is 0 Å². The molecule has 0 spiro atoms. The number of hydrogen-bond acceptors (Lipinski definition) is 2. The highest BCUT2D eigenvalue weighted by molar-refractivity contribution is 9.10. The minimum atomic E-state index is -0.592. The fourth-order valence-electron chi connectivity index (χ4n) is 0.982. The van der Waals surface area contributed by atoms with Crippen molar-refractivity contribution < 1.29 is 13.9 Å². The Balaban J connectivity index is 3.27. The Morgan fingerprint density at radius 1 is 1.57 bits per heavy atom. The summed E-state index contributed by atoms with van der Waals surface area (Å²) in [5, 5.41) is 2.35. The summed E-state index contributed by atoms with van der Waals surface area (Å²) in [4.78, 5) is 11.2. The Bertz CT molecular complexity index is 368. The molecule has 1 N–H and O–H groups in total. The van der Waals surface area contributed by atoms with E-state index in [0.29, 0.717) is 5.75 Å². The number of ether oxygens (including phenoxy) is 1. The standard InChI is InChI=1S/C9H9BrFNO2/c1-12-9(13)6-3-5(14-2)4-7(10)8(6)11/h3-4H,1-2H3,(H,12,13). The molecule has 0 saturated carbocycles. The van der Waals surface area contributed by atoms with E-state index in [-0.39, 0.29) is 10.0 Å². The van der Waals surface area contributed by atoms with Crippen LogP contribution in [-0.4, -0.2) is 20.1 Å². The van der Waals surface area contributed by atoms with Crippen LogP contribution in [0.2, 0.25) is 0 Å². The zero-order chi connectivity index (χ0) is 10.7. The Kier molecular flexibility index (Phi) is 3.46. The molecule has 0 radical (unpaired) electrons. The molecule has 0 atom stereocenters. The summed E-state index contributed by atoms with van der Waals surface area (Å²) in [6.45, 7) is 0. The maximum absolute atomic E-state index is 13.4. The Labute approximate surface area is 89.4 Å². The van der Waals surface area contributed by atoms with Gasteiger partial charge >= 0.3 is 0 Å². The van der Waals surface area contributed by atoms with Crippen LogP contribution >= 0.6 is 15.9 Å². The van der Waals surface area contributed by atoms with E-state index in [1.54, 1.807) is 0 Å². The van der Waals surface area contributed by atoms with E-state index in [1.807, 2.05) is 0 Å². The molecule has 0 aliphatic heterocycles. The molecule has 0 heterocycles. The van der Waals surface area contributed by atoms with E-state index in [0.717, 1.165) is 0 Å². The molecule has 1 aromatic carbocycles. The second-order valence-corrected chi connectivity index (χ2v) is 3.40. The van der Waals surface area contributed by atoms with Crippen LogP contribution in [0.5, 0.6) is 5.75 Å². The van der Waals surface area contributed by atoms with Crippen LogP contribution in [-0.2, 0) is 0 Å². The van der Waals surface area contributed by atoms with Crippen LogP contribution in [0.1, 0.15) is 10.4 Å². The minimum absolute atomic E-state index is 0.0428. The molecule has 0 unspecified atom stereocenters. The van der Waals surface area contributed by atoms with Crippen molar-refractivity contribution in [1.29, 1.82) is 0 Å². The van der Waals surface area contributed by atoms with E-state index in [9.17, 15) is 9.18 Å². The van der Waals surface area contributed by atoms with Crippen LogP contribution in [0.15, 0.2) is 16.6 Å². The van der Waals surface area contributed by atoms with E-state index in [4.69, 9.17) is 4.74 Å². The van der Waals surface area contributed by atoms with Gasteiger partial charge in [-0.15, -0.1) is 0 Å². The van der Waals surface area contributed by atoms with Crippen molar-refractivity contribution >= 4 is 21.8 Å². The molecule has 14 heavy (non-hydrogen) atoms. The quantitative estimate of drug-likeness (QED) is 0.884. The fourth-order valence-corrected chi connectivity index (χ4v) is 1.42. The molecular formula is C9H9BrFNO2. The van der Waals surface area contributed by atoms with Gasteiger partial charge in [0.1, 0.15) is 11.6 Å². The van der Waals surface area contributed by atoms with Gasteiger partial charge < -0.3 is 10.1 Å². The van der Waals surface area contributed by atoms with Gasteiger partial charge in [0.25, 0.3) is 5.91 Å². The minimum Gasteiger partial charge on any atom is -0.497 e. The smallest absolute Gasteiger partial charge is 0.254 e. The average Bonchev–Trinajstić information content (AvgIpc) is 2.20. The largest absolute Gasteiger partial charge is 0.497 e. The lowest BCUT2D eigenvalue weighted by Gasteiger charge is -2.06. The molecule has 0 aliphatic carbocycles. The van der Waals surface area contributed by atoms with E-state index in [2.05, 4.69) is 21.2 Å². The summed E-state index contributed by atoms with van der Waals surface area (Å²) in [7, 11) is 2.89. The number of carbonyl (C=O) groups is 1. The Morgan fingerprint density at radius 2 is 2.21 bits per heavy atom. The van der Waals surface area contributed by atoms with E-state index >= 15 is 0 Å². The molecule has 0 saturated heterocycles. The molecule has 0 bridgehead atoms. The third-order valence-corrected chi connectivity index (χ3v) is 2.29. The van der Waals surface area contributed by atoms with Crippen LogP contribution in [0.3, 0.4) is 0 Å². The lowest BCUT2D eigenvalue weighted by molar-refractivity contribution is 0.0958. The molecule has 0 fully saturated rings. The normalized spacial score (nSPS) is 9.71. The SMILES string of the molecule is CNC(=O)c1cc(OC)cc(Br)c1F. The van der Waals surface area contributed by atoms with Crippen molar-refractivity contribution in [3.05, 3.63) is 28.0 Å². The topological polar surface area (TPSA) is 38.3 Å². The van der Waals surface area contributed by atoms with Crippen molar-refractivity contribution in [3.63, 3.8) is 0 Å². The summed E-state index contributed by atoms with van der Waals surface area (Å²) >= 11 is 3.00. The first kappa shape index (κ1) is 11.0. The Hall–Kier alpha value is -1.10. The predicted octanol–water partition coefficient (Wildman–Crippen LogP) is 1.96.